The Hall–Kier alpha value is -6.06. The van der Waals surface area contributed by atoms with E-state index in [0.717, 1.165) is 27.6 Å². The molecular weight excluding hydrogens is 645 g/mol. The van der Waals surface area contributed by atoms with Gasteiger partial charge in [0.1, 0.15) is 11.2 Å². The molecule has 0 saturated carbocycles. The Morgan fingerprint density at radius 1 is 0.358 bits per heavy atom. The highest BCUT2D eigenvalue weighted by atomic mass is 16.3. The third kappa shape index (κ3) is 4.94. The zero-order valence-electron chi connectivity index (χ0n) is 31.2. The monoisotopic (exact) mass is 686 g/mol. The fourth-order valence-electron chi connectivity index (χ4n) is 8.31. The minimum absolute atomic E-state index is 0.0736. The van der Waals surface area contributed by atoms with Crippen LogP contribution in [-0.4, -0.2) is 9.13 Å². The number of nitrogens with zero attached hydrogens (tertiary/aromatic N) is 2. The SMILES string of the molecule is CC(C)(C)c1ccc2c(c1)c1cc(C(C)(C)C)ccc1n2-c1ccc(-c2ccc(-n3c4ccccc4c4cc5oc6ccccc6c5cc43)cc2)cc1. The van der Waals surface area contributed by atoms with Crippen molar-refractivity contribution >= 4 is 65.6 Å². The number of hydrogen-bond donors (Lipinski definition) is 0. The molecule has 0 aliphatic rings. The fraction of sp³-hybridized carbons (Fsp3) is 0.160. The minimum atomic E-state index is 0.0736. The average molecular weight is 687 g/mol. The van der Waals surface area contributed by atoms with Crippen molar-refractivity contribution in [3.63, 3.8) is 0 Å². The Kier molecular flexibility index (Phi) is 6.70. The highest BCUT2D eigenvalue weighted by Crippen LogP contribution is 2.40. The van der Waals surface area contributed by atoms with E-state index in [-0.39, 0.29) is 10.8 Å². The zero-order valence-corrected chi connectivity index (χ0v) is 31.2. The van der Waals surface area contributed by atoms with Crippen molar-refractivity contribution in [3.8, 4) is 22.5 Å². The van der Waals surface area contributed by atoms with Gasteiger partial charge in [-0.3, -0.25) is 0 Å². The number of hydrogen-bond acceptors (Lipinski definition) is 1. The molecule has 0 aliphatic heterocycles. The lowest BCUT2D eigenvalue weighted by atomic mass is 9.85. The summed E-state index contributed by atoms with van der Waals surface area (Å²) in [6.45, 7) is 13.8. The second-order valence-electron chi connectivity index (χ2n) is 16.7. The summed E-state index contributed by atoms with van der Waals surface area (Å²) in [6, 6.07) is 53.6. The molecule has 3 heteroatoms. The molecule has 0 saturated heterocycles. The molecule has 53 heavy (non-hydrogen) atoms. The van der Waals surface area contributed by atoms with Crippen LogP contribution in [0.3, 0.4) is 0 Å². The maximum absolute atomic E-state index is 6.29. The topological polar surface area (TPSA) is 23.0 Å². The van der Waals surface area contributed by atoms with E-state index in [1.54, 1.807) is 0 Å². The van der Waals surface area contributed by atoms with Gasteiger partial charge in [0.25, 0.3) is 0 Å². The van der Waals surface area contributed by atoms with Crippen molar-refractivity contribution < 1.29 is 4.42 Å². The van der Waals surface area contributed by atoms with Gasteiger partial charge in [-0.25, -0.2) is 0 Å². The first-order chi connectivity index (χ1) is 25.5. The molecule has 10 rings (SSSR count). The molecule has 0 amide bonds. The normalized spacial score (nSPS) is 12.7. The van der Waals surface area contributed by atoms with Gasteiger partial charge in [0, 0.05) is 43.7 Å². The predicted octanol–water partition coefficient (Wildman–Crippen LogP) is 14.0. The molecule has 0 fully saturated rings. The van der Waals surface area contributed by atoms with Crippen LogP contribution in [-0.2, 0) is 10.8 Å². The Morgan fingerprint density at radius 3 is 1.40 bits per heavy atom. The molecule has 0 aliphatic carbocycles. The molecule has 0 N–H and O–H groups in total. The predicted molar refractivity (Wildman–Crippen MR) is 225 cm³/mol. The van der Waals surface area contributed by atoms with Gasteiger partial charge in [-0.2, -0.15) is 0 Å². The van der Waals surface area contributed by atoms with E-state index in [4.69, 9.17) is 4.42 Å². The second-order valence-corrected chi connectivity index (χ2v) is 16.7. The number of para-hydroxylation sites is 2. The van der Waals surface area contributed by atoms with Crippen molar-refractivity contribution in [3.05, 3.63) is 157 Å². The maximum atomic E-state index is 6.29. The number of fused-ring (bicyclic) bond motifs is 9. The van der Waals surface area contributed by atoms with E-state index < -0.39 is 0 Å². The summed E-state index contributed by atoms with van der Waals surface area (Å²) in [6.07, 6.45) is 0. The van der Waals surface area contributed by atoms with Crippen LogP contribution in [0, 0.1) is 0 Å². The van der Waals surface area contributed by atoms with Crippen LogP contribution in [0.15, 0.2) is 150 Å². The van der Waals surface area contributed by atoms with E-state index >= 15 is 0 Å². The highest BCUT2D eigenvalue weighted by Gasteiger charge is 2.21. The number of rotatable bonds is 3. The molecule has 0 bridgehead atoms. The van der Waals surface area contributed by atoms with Gasteiger partial charge in [-0.1, -0.05) is 114 Å². The van der Waals surface area contributed by atoms with Crippen molar-refractivity contribution in [1.29, 1.82) is 0 Å². The molecule has 0 radical (unpaired) electrons. The first-order valence-corrected chi connectivity index (χ1v) is 18.7. The van der Waals surface area contributed by atoms with E-state index in [0.29, 0.717) is 0 Å². The minimum Gasteiger partial charge on any atom is -0.456 e. The van der Waals surface area contributed by atoms with Crippen molar-refractivity contribution in [2.45, 2.75) is 52.4 Å². The van der Waals surface area contributed by atoms with Crippen LogP contribution in [0.25, 0.3) is 88.1 Å². The standard InChI is InChI=1S/C50H42N2O/c1-49(2,3)33-19-25-44-39(27-33)40-28-34(50(4,5)6)20-26-45(40)51(44)35-21-15-31(16-22-35)32-17-23-36(24-18-32)52-43-13-9-7-11-37(43)41-30-48-42(29-46(41)52)38-12-8-10-14-47(38)53-48/h7-30H,1-6H3. The molecule has 7 aromatic carbocycles. The molecule has 3 nitrogen and oxygen atoms in total. The Balaban J connectivity index is 1.06. The zero-order chi connectivity index (χ0) is 36.2. The Labute approximate surface area is 309 Å². The molecule has 10 aromatic rings. The molecule has 0 unspecified atom stereocenters. The van der Waals surface area contributed by atoms with Crippen LogP contribution in [0.4, 0.5) is 0 Å². The molecule has 0 spiro atoms. The summed E-state index contributed by atoms with van der Waals surface area (Å²) in [5.74, 6) is 0. The van der Waals surface area contributed by atoms with Crippen molar-refractivity contribution in [2.75, 3.05) is 0 Å². The third-order valence-electron chi connectivity index (χ3n) is 11.3. The third-order valence-corrected chi connectivity index (χ3v) is 11.3. The molecule has 3 heterocycles. The first kappa shape index (κ1) is 31.7. The van der Waals surface area contributed by atoms with Gasteiger partial charge in [-0.15, -0.1) is 0 Å². The van der Waals surface area contributed by atoms with Crippen LogP contribution < -0.4 is 0 Å². The Bertz CT molecular complexity index is 2970. The van der Waals surface area contributed by atoms with Gasteiger partial charge < -0.3 is 13.6 Å². The smallest absolute Gasteiger partial charge is 0.136 e. The number of aromatic nitrogens is 2. The molecular formula is C50H42N2O. The highest BCUT2D eigenvalue weighted by molar-refractivity contribution is 6.17. The lowest BCUT2D eigenvalue weighted by molar-refractivity contribution is 0.590. The van der Waals surface area contributed by atoms with Crippen LogP contribution in [0.5, 0.6) is 0 Å². The number of furan rings is 1. The molecule has 3 aromatic heterocycles. The van der Waals surface area contributed by atoms with E-state index in [1.807, 2.05) is 12.1 Å². The van der Waals surface area contributed by atoms with Gasteiger partial charge >= 0.3 is 0 Å². The van der Waals surface area contributed by atoms with Crippen molar-refractivity contribution in [2.24, 2.45) is 0 Å². The average Bonchev–Trinajstić information content (AvgIpc) is 3.80. The van der Waals surface area contributed by atoms with E-state index in [9.17, 15) is 0 Å². The van der Waals surface area contributed by atoms with Gasteiger partial charge in [0.2, 0.25) is 0 Å². The fourth-order valence-corrected chi connectivity index (χ4v) is 8.31. The summed E-state index contributed by atoms with van der Waals surface area (Å²) < 4.78 is 11.1. The largest absolute Gasteiger partial charge is 0.456 e. The summed E-state index contributed by atoms with van der Waals surface area (Å²) in [4.78, 5) is 0. The maximum Gasteiger partial charge on any atom is 0.136 e. The second kappa shape index (κ2) is 11.2. The lowest BCUT2D eigenvalue weighted by Gasteiger charge is -2.19. The summed E-state index contributed by atoms with van der Waals surface area (Å²) >= 11 is 0. The van der Waals surface area contributed by atoms with Gasteiger partial charge in [0.15, 0.2) is 0 Å². The first-order valence-electron chi connectivity index (χ1n) is 18.7. The summed E-state index contributed by atoms with van der Waals surface area (Å²) in [5.41, 5.74) is 14.2. The van der Waals surface area contributed by atoms with Crippen LogP contribution in [0.2, 0.25) is 0 Å². The number of benzene rings is 7. The Morgan fingerprint density at radius 2 is 0.830 bits per heavy atom. The van der Waals surface area contributed by atoms with Gasteiger partial charge in [0.05, 0.1) is 22.1 Å². The van der Waals surface area contributed by atoms with Crippen LogP contribution in [0.1, 0.15) is 52.7 Å². The summed E-state index contributed by atoms with van der Waals surface area (Å²) in [5, 5.41) is 7.32. The van der Waals surface area contributed by atoms with Gasteiger partial charge in [-0.05, 0) is 106 Å². The van der Waals surface area contributed by atoms with Crippen LogP contribution >= 0.6 is 0 Å². The van der Waals surface area contributed by atoms with Crippen molar-refractivity contribution in [1.82, 2.24) is 9.13 Å². The van der Waals surface area contributed by atoms with E-state index in [1.165, 1.54) is 71.6 Å². The molecule has 258 valence electrons. The quantitative estimate of drug-likeness (QED) is 0.181. The lowest BCUT2D eigenvalue weighted by Crippen LogP contribution is -2.10. The molecule has 0 atom stereocenters. The summed E-state index contributed by atoms with van der Waals surface area (Å²) in [7, 11) is 0. The van der Waals surface area contributed by atoms with E-state index in [2.05, 4.69) is 184 Å².